The molecule has 0 saturated heterocycles. The van der Waals surface area contributed by atoms with Gasteiger partial charge in [0.15, 0.2) is 0 Å². The van der Waals surface area contributed by atoms with E-state index in [1.807, 2.05) is 30.5 Å². The second kappa shape index (κ2) is 5.94. The van der Waals surface area contributed by atoms with Gasteiger partial charge < -0.3 is 5.32 Å². The second-order valence-electron chi connectivity index (χ2n) is 5.51. The summed E-state index contributed by atoms with van der Waals surface area (Å²) in [7, 11) is 0. The number of nitrogens with one attached hydrogen (secondary N) is 1. The number of rotatable bonds is 5. The monoisotopic (exact) mass is 286 g/mol. The van der Waals surface area contributed by atoms with Crippen LogP contribution in [-0.4, -0.2) is 4.98 Å². The molecule has 1 N–H and O–H groups in total. The molecule has 104 valence electrons. The number of hydrogen-bond donors (Lipinski definition) is 1. The van der Waals surface area contributed by atoms with E-state index in [1.165, 1.54) is 18.4 Å². The van der Waals surface area contributed by atoms with E-state index in [1.54, 1.807) is 0 Å². The van der Waals surface area contributed by atoms with Crippen LogP contribution in [0.15, 0.2) is 48.7 Å². The number of nitrogens with zero attached hydrogens (tertiary/aromatic N) is 1. The van der Waals surface area contributed by atoms with Gasteiger partial charge in [0.2, 0.25) is 0 Å². The van der Waals surface area contributed by atoms with Crippen molar-refractivity contribution in [3.05, 3.63) is 64.9 Å². The molecule has 3 rings (SSSR count). The Kier molecular flexibility index (Phi) is 4.04. The molecule has 1 aliphatic rings. The Hall–Kier alpha value is -1.38. The maximum absolute atomic E-state index is 5.98. The van der Waals surface area contributed by atoms with Crippen molar-refractivity contribution in [2.75, 3.05) is 0 Å². The van der Waals surface area contributed by atoms with Gasteiger partial charge in [0, 0.05) is 23.3 Å². The molecule has 1 aliphatic carbocycles. The van der Waals surface area contributed by atoms with Gasteiger partial charge in [-0.2, -0.15) is 0 Å². The maximum Gasteiger partial charge on any atom is 0.0570 e. The summed E-state index contributed by atoms with van der Waals surface area (Å²) in [6, 6.07) is 14.9. The Labute approximate surface area is 125 Å². The Morgan fingerprint density at radius 3 is 2.50 bits per heavy atom. The van der Waals surface area contributed by atoms with Gasteiger partial charge in [-0.05, 0) is 55.5 Å². The first kappa shape index (κ1) is 13.6. The van der Waals surface area contributed by atoms with Crippen LogP contribution in [0.2, 0.25) is 5.02 Å². The van der Waals surface area contributed by atoms with Crippen LogP contribution in [-0.2, 0) is 0 Å². The molecule has 0 amide bonds. The van der Waals surface area contributed by atoms with Crippen LogP contribution in [0.5, 0.6) is 0 Å². The highest BCUT2D eigenvalue weighted by Gasteiger charge is 2.33. The second-order valence-corrected chi connectivity index (χ2v) is 5.95. The predicted molar refractivity (Wildman–Crippen MR) is 82.7 cm³/mol. The Balaban J connectivity index is 1.76. The molecular weight excluding hydrogens is 268 g/mol. The first-order valence-electron chi connectivity index (χ1n) is 7.16. The predicted octanol–water partition coefficient (Wildman–Crippen LogP) is 4.54. The molecule has 0 spiro atoms. The van der Waals surface area contributed by atoms with Gasteiger partial charge in [-0.25, -0.2) is 0 Å². The van der Waals surface area contributed by atoms with E-state index in [0.29, 0.717) is 6.04 Å². The quantitative estimate of drug-likeness (QED) is 0.873. The van der Waals surface area contributed by atoms with Crippen LogP contribution < -0.4 is 5.32 Å². The van der Waals surface area contributed by atoms with Gasteiger partial charge in [0.1, 0.15) is 0 Å². The molecule has 1 aromatic heterocycles. The number of hydrogen-bond acceptors (Lipinski definition) is 2. The van der Waals surface area contributed by atoms with E-state index in [0.717, 1.165) is 16.6 Å². The topological polar surface area (TPSA) is 24.9 Å². The van der Waals surface area contributed by atoms with Crippen LogP contribution >= 0.6 is 11.6 Å². The zero-order valence-corrected chi connectivity index (χ0v) is 12.3. The van der Waals surface area contributed by atoms with Crippen molar-refractivity contribution in [2.24, 2.45) is 5.92 Å². The lowest BCUT2D eigenvalue weighted by atomic mass is 10.0. The summed E-state index contributed by atoms with van der Waals surface area (Å²) in [5, 5.41) is 4.52. The van der Waals surface area contributed by atoms with Crippen molar-refractivity contribution in [3.63, 3.8) is 0 Å². The number of aromatic nitrogens is 1. The summed E-state index contributed by atoms with van der Waals surface area (Å²) in [6.07, 6.45) is 4.45. The number of halogens is 1. The van der Waals surface area contributed by atoms with Gasteiger partial charge in [-0.3, -0.25) is 4.98 Å². The lowest BCUT2D eigenvalue weighted by Gasteiger charge is -2.23. The van der Waals surface area contributed by atoms with Gasteiger partial charge in [0.05, 0.1) is 5.69 Å². The summed E-state index contributed by atoms with van der Waals surface area (Å²) < 4.78 is 0. The van der Waals surface area contributed by atoms with Crippen molar-refractivity contribution < 1.29 is 0 Å². The van der Waals surface area contributed by atoms with E-state index >= 15 is 0 Å². The summed E-state index contributed by atoms with van der Waals surface area (Å²) in [5.41, 5.74) is 2.41. The fraction of sp³-hybridized carbons (Fsp3) is 0.353. The Morgan fingerprint density at radius 2 is 1.90 bits per heavy atom. The van der Waals surface area contributed by atoms with Gasteiger partial charge >= 0.3 is 0 Å². The largest absolute Gasteiger partial charge is 0.302 e. The fourth-order valence-corrected chi connectivity index (χ4v) is 2.72. The lowest BCUT2D eigenvalue weighted by Crippen LogP contribution is -2.26. The molecule has 0 bridgehead atoms. The zero-order chi connectivity index (χ0) is 13.9. The Morgan fingerprint density at radius 1 is 1.15 bits per heavy atom. The molecule has 2 nitrogen and oxygen atoms in total. The number of benzene rings is 1. The van der Waals surface area contributed by atoms with Gasteiger partial charge in [-0.1, -0.05) is 29.8 Å². The molecule has 1 saturated carbocycles. The van der Waals surface area contributed by atoms with Crippen LogP contribution in [0.4, 0.5) is 0 Å². The summed E-state index contributed by atoms with van der Waals surface area (Å²) >= 11 is 5.98. The van der Waals surface area contributed by atoms with E-state index < -0.39 is 0 Å². The van der Waals surface area contributed by atoms with Crippen LogP contribution in [0.1, 0.15) is 43.1 Å². The minimum atomic E-state index is 0.248. The smallest absolute Gasteiger partial charge is 0.0570 e. The zero-order valence-electron chi connectivity index (χ0n) is 11.6. The number of pyridine rings is 1. The van der Waals surface area contributed by atoms with Crippen molar-refractivity contribution in [1.29, 1.82) is 0 Å². The third-order valence-electron chi connectivity index (χ3n) is 3.88. The molecule has 3 heteroatoms. The first-order chi connectivity index (χ1) is 9.74. The van der Waals surface area contributed by atoms with Crippen molar-refractivity contribution in [2.45, 2.75) is 31.8 Å². The fourth-order valence-electron chi connectivity index (χ4n) is 2.59. The molecule has 20 heavy (non-hydrogen) atoms. The highest BCUT2D eigenvalue weighted by atomic mass is 35.5. The first-order valence-corrected chi connectivity index (χ1v) is 7.54. The molecule has 2 atom stereocenters. The molecule has 1 aromatic carbocycles. The standard InChI is InChI=1S/C17H19ClN2/c1-12(16-4-2-3-11-19-16)20-17(13-5-6-13)14-7-9-15(18)10-8-14/h2-4,7-13,17,20H,5-6H2,1H3/t12-,17?/m0/s1. The third kappa shape index (κ3) is 3.20. The SMILES string of the molecule is C[C@H](NC(c1ccc(Cl)cc1)C1CC1)c1ccccn1. The average Bonchev–Trinajstić information content (AvgIpc) is 3.31. The van der Waals surface area contributed by atoms with Crippen LogP contribution in [0, 0.1) is 5.92 Å². The molecule has 0 radical (unpaired) electrons. The summed E-state index contributed by atoms with van der Waals surface area (Å²) in [4.78, 5) is 4.44. The van der Waals surface area contributed by atoms with E-state index in [9.17, 15) is 0 Å². The third-order valence-corrected chi connectivity index (χ3v) is 4.14. The average molecular weight is 287 g/mol. The van der Waals surface area contributed by atoms with Gasteiger partial charge in [0.25, 0.3) is 0 Å². The molecule has 1 heterocycles. The highest BCUT2D eigenvalue weighted by molar-refractivity contribution is 6.30. The Bertz CT molecular complexity index is 549. The maximum atomic E-state index is 5.98. The van der Waals surface area contributed by atoms with E-state index in [4.69, 9.17) is 11.6 Å². The van der Waals surface area contributed by atoms with Crippen molar-refractivity contribution in [3.8, 4) is 0 Å². The van der Waals surface area contributed by atoms with E-state index in [2.05, 4.69) is 35.4 Å². The van der Waals surface area contributed by atoms with Crippen LogP contribution in [0.25, 0.3) is 0 Å². The minimum Gasteiger partial charge on any atom is -0.302 e. The highest BCUT2D eigenvalue weighted by Crippen LogP contribution is 2.42. The molecule has 0 aliphatic heterocycles. The molecule has 1 unspecified atom stereocenters. The van der Waals surface area contributed by atoms with Crippen LogP contribution in [0.3, 0.4) is 0 Å². The molecule has 1 fully saturated rings. The lowest BCUT2D eigenvalue weighted by molar-refractivity contribution is 0.422. The summed E-state index contributed by atoms with van der Waals surface area (Å²) in [6.45, 7) is 2.17. The van der Waals surface area contributed by atoms with E-state index in [-0.39, 0.29) is 6.04 Å². The van der Waals surface area contributed by atoms with Crippen molar-refractivity contribution in [1.82, 2.24) is 10.3 Å². The minimum absolute atomic E-state index is 0.248. The molecular formula is C17H19ClN2. The summed E-state index contributed by atoms with van der Waals surface area (Å²) in [5.74, 6) is 0.738. The normalized spacial score (nSPS) is 17.7. The van der Waals surface area contributed by atoms with Gasteiger partial charge in [-0.15, -0.1) is 0 Å². The van der Waals surface area contributed by atoms with Crippen molar-refractivity contribution >= 4 is 11.6 Å². The molecule has 2 aromatic rings.